The standard InChI is InChI=1S/C24H28N4O2S/c1-19-3-2-11-25-22(19)9-6-20-4-7-21(8-5-20)30-24(29)28-16-14-27(15-17-28)13-10-23-26-12-18-31-23/h2-5,7-8,11-12,18H,6,9-10,13-17H2,1H3. The highest BCUT2D eigenvalue weighted by Gasteiger charge is 2.22. The third-order valence-electron chi connectivity index (χ3n) is 5.65. The minimum atomic E-state index is -0.267. The van der Waals surface area contributed by atoms with Gasteiger partial charge in [0.05, 0.1) is 5.01 Å². The molecule has 162 valence electrons. The van der Waals surface area contributed by atoms with Crippen molar-refractivity contribution >= 4 is 17.4 Å². The average molecular weight is 437 g/mol. The number of amides is 1. The van der Waals surface area contributed by atoms with Crippen LogP contribution >= 0.6 is 11.3 Å². The first-order valence-electron chi connectivity index (χ1n) is 10.7. The summed E-state index contributed by atoms with van der Waals surface area (Å²) in [7, 11) is 0. The second-order valence-corrected chi connectivity index (χ2v) is 8.76. The van der Waals surface area contributed by atoms with Crippen LogP contribution in [-0.2, 0) is 19.3 Å². The van der Waals surface area contributed by atoms with E-state index in [-0.39, 0.29) is 6.09 Å². The van der Waals surface area contributed by atoms with Crippen LogP contribution in [0.5, 0.6) is 5.75 Å². The van der Waals surface area contributed by atoms with E-state index < -0.39 is 0 Å². The van der Waals surface area contributed by atoms with Crippen LogP contribution in [0.2, 0.25) is 0 Å². The molecule has 31 heavy (non-hydrogen) atoms. The minimum absolute atomic E-state index is 0.267. The molecule has 1 fully saturated rings. The molecule has 4 rings (SSSR count). The number of pyridine rings is 1. The van der Waals surface area contributed by atoms with Gasteiger partial charge in [-0.25, -0.2) is 9.78 Å². The van der Waals surface area contributed by atoms with Crippen molar-refractivity contribution in [1.82, 2.24) is 19.8 Å². The van der Waals surface area contributed by atoms with E-state index in [2.05, 4.69) is 27.9 Å². The number of aromatic nitrogens is 2. The lowest BCUT2D eigenvalue weighted by molar-refractivity contribution is 0.111. The lowest BCUT2D eigenvalue weighted by Crippen LogP contribution is -2.49. The van der Waals surface area contributed by atoms with Crippen molar-refractivity contribution in [2.24, 2.45) is 0 Å². The van der Waals surface area contributed by atoms with E-state index in [4.69, 9.17) is 4.74 Å². The summed E-state index contributed by atoms with van der Waals surface area (Å²) in [5.41, 5.74) is 3.55. The van der Waals surface area contributed by atoms with Gasteiger partial charge in [0.15, 0.2) is 0 Å². The molecule has 3 aromatic rings. The normalized spacial score (nSPS) is 14.5. The molecule has 3 heterocycles. The lowest BCUT2D eigenvalue weighted by atomic mass is 10.1. The van der Waals surface area contributed by atoms with Crippen LogP contribution in [0.4, 0.5) is 4.79 Å². The Morgan fingerprint density at radius 1 is 1.00 bits per heavy atom. The van der Waals surface area contributed by atoms with Crippen molar-refractivity contribution in [1.29, 1.82) is 0 Å². The Balaban J connectivity index is 1.20. The molecule has 1 aliphatic rings. The molecule has 0 radical (unpaired) electrons. The molecule has 0 N–H and O–H groups in total. The maximum atomic E-state index is 12.5. The fourth-order valence-electron chi connectivity index (χ4n) is 3.72. The van der Waals surface area contributed by atoms with E-state index >= 15 is 0 Å². The second kappa shape index (κ2) is 10.5. The summed E-state index contributed by atoms with van der Waals surface area (Å²) in [6.07, 6.45) is 6.20. The van der Waals surface area contributed by atoms with Crippen LogP contribution in [0.25, 0.3) is 0 Å². The molecule has 0 atom stereocenters. The molecule has 1 amide bonds. The van der Waals surface area contributed by atoms with Gasteiger partial charge >= 0.3 is 6.09 Å². The van der Waals surface area contributed by atoms with Crippen LogP contribution < -0.4 is 4.74 Å². The Hall–Kier alpha value is -2.77. The first-order valence-corrected chi connectivity index (χ1v) is 11.6. The van der Waals surface area contributed by atoms with Crippen LogP contribution in [-0.4, -0.2) is 58.6 Å². The predicted molar refractivity (Wildman–Crippen MR) is 123 cm³/mol. The number of thiazole rings is 1. The zero-order valence-corrected chi connectivity index (χ0v) is 18.7. The van der Waals surface area contributed by atoms with Crippen molar-refractivity contribution < 1.29 is 9.53 Å². The van der Waals surface area contributed by atoms with Gasteiger partial charge in [-0.3, -0.25) is 9.88 Å². The van der Waals surface area contributed by atoms with Gasteiger partial charge in [0, 0.05) is 62.6 Å². The second-order valence-electron chi connectivity index (χ2n) is 7.78. The highest BCUT2D eigenvalue weighted by Crippen LogP contribution is 2.16. The van der Waals surface area contributed by atoms with Gasteiger partial charge in [-0.2, -0.15) is 0 Å². The van der Waals surface area contributed by atoms with Gasteiger partial charge in [-0.05, 0) is 49.1 Å². The van der Waals surface area contributed by atoms with Gasteiger partial charge < -0.3 is 9.64 Å². The van der Waals surface area contributed by atoms with E-state index in [9.17, 15) is 4.79 Å². The van der Waals surface area contributed by atoms with Crippen molar-refractivity contribution in [3.05, 3.63) is 76.0 Å². The Bertz CT molecular complexity index is 968. The number of carbonyl (C=O) groups excluding carboxylic acids is 1. The molecule has 7 heteroatoms. The molecule has 6 nitrogen and oxygen atoms in total. The smallest absolute Gasteiger partial charge is 0.410 e. The molecular formula is C24H28N4O2S. The summed E-state index contributed by atoms with van der Waals surface area (Å²) in [6, 6.07) is 11.9. The van der Waals surface area contributed by atoms with Crippen LogP contribution in [0.3, 0.4) is 0 Å². The first-order chi connectivity index (χ1) is 15.2. The Labute approximate surface area is 187 Å². The average Bonchev–Trinajstić information content (AvgIpc) is 3.32. The summed E-state index contributed by atoms with van der Waals surface area (Å²) in [5.74, 6) is 0.592. The van der Waals surface area contributed by atoms with Crippen molar-refractivity contribution in [3.63, 3.8) is 0 Å². The molecule has 1 aromatic carbocycles. The van der Waals surface area contributed by atoms with E-state index in [0.717, 1.165) is 44.6 Å². The molecule has 0 spiro atoms. The minimum Gasteiger partial charge on any atom is -0.410 e. The quantitative estimate of drug-likeness (QED) is 0.561. The van der Waals surface area contributed by atoms with Crippen molar-refractivity contribution in [3.8, 4) is 5.75 Å². The molecule has 0 aliphatic carbocycles. The van der Waals surface area contributed by atoms with Gasteiger partial charge in [0.25, 0.3) is 0 Å². The topological polar surface area (TPSA) is 58.6 Å². The van der Waals surface area contributed by atoms with Crippen LogP contribution in [0.15, 0.2) is 54.2 Å². The summed E-state index contributed by atoms with van der Waals surface area (Å²) < 4.78 is 5.59. The number of piperazine rings is 1. The van der Waals surface area contributed by atoms with Gasteiger partial charge in [-0.15, -0.1) is 11.3 Å². The SMILES string of the molecule is Cc1cccnc1CCc1ccc(OC(=O)N2CCN(CCc3nccs3)CC2)cc1. The molecule has 2 aromatic heterocycles. The lowest BCUT2D eigenvalue weighted by Gasteiger charge is -2.33. The highest BCUT2D eigenvalue weighted by atomic mass is 32.1. The van der Waals surface area contributed by atoms with E-state index in [1.165, 1.54) is 16.1 Å². The molecule has 0 bridgehead atoms. The Kier molecular flexibility index (Phi) is 7.27. The predicted octanol–water partition coefficient (Wildman–Crippen LogP) is 3.99. The largest absolute Gasteiger partial charge is 0.415 e. The van der Waals surface area contributed by atoms with Crippen molar-refractivity contribution in [2.45, 2.75) is 26.2 Å². The number of ether oxygens (including phenoxy) is 1. The number of benzene rings is 1. The third kappa shape index (κ3) is 6.12. The zero-order valence-electron chi connectivity index (χ0n) is 17.9. The summed E-state index contributed by atoms with van der Waals surface area (Å²) in [5, 5.41) is 3.18. The van der Waals surface area contributed by atoms with Gasteiger partial charge in [0.1, 0.15) is 5.75 Å². The van der Waals surface area contributed by atoms with Crippen LogP contribution in [0.1, 0.15) is 21.8 Å². The van der Waals surface area contributed by atoms with E-state index in [1.807, 2.05) is 48.1 Å². The fourth-order valence-corrected chi connectivity index (χ4v) is 4.33. The summed E-state index contributed by atoms with van der Waals surface area (Å²) >= 11 is 1.70. The molecular weight excluding hydrogens is 408 g/mol. The highest BCUT2D eigenvalue weighted by molar-refractivity contribution is 7.09. The van der Waals surface area contributed by atoms with Gasteiger partial charge in [-0.1, -0.05) is 18.2 Å². The number of rotatable bonds is 7. The molecule has 1 saturated heterocycles. The number of nitrogens with zero attached hydrogens (tertiary/aromatic N) is 4. The first kappa shape index (κ1) is 21.5. The van der Waals surface area contributed by atoms with Gasteiger partial charge in [0.2, 0.25) is 0 Å². The molecule has 0 saturated carbocycles. The monoisotopic (exact) mass is 436 g/mol. The number of hydrogen-bond donors (Lipinski definition) is 0. The maximum absolute atomic E-state index is 12.5. The van der Waals surface area contributed by atoms with Crippen molar-refractivity contribution in [2.75, 3.05) is 32.7 Å². The summed E-state index contributed by atoms with van der Waals surface area (Å²) in [4.78, 5) is 25.5. The maximum Gasteiger partial charge on any atom is 0.415 e. The van der Waals surface area contributed by atoms with E-state index in [1.54, 1.807) is 16.2 Å². The zero-order chi connectivity index (χ0) is 21.5. The van der Waals surface area contributed by atoms with Crippen LogP contribution in [0, 0.1) is 6.92 Å². The number of hydrogen-bond acceptors (Lipinski definition) is 6. The number of aryl methyl sites for hydroxylation is 3. The number of carbonyl (C=O) groups is 1. The Morgan fingerprint density at radius 3 is 2.52 bits per heavy atom. The molecule has 0 unspecified atom stereocenters. The van der Waals surface area contributed by atoms with E-state index in [0.29, 0.717) is 18.8 Å². The molecule has 1 aliphatic heterocycles. The Morgan fingerprint density at radius 2 is 1.81 bits per heavy atom. The summed E-state index contributed by atoms with van der Waals surface area (Å²) in [6.45, 7) is 6.19. The third-order valence-corrected chi connectivity index (χ3v) is 6.49. The fraction of sp³-hybridized carbons (Fsp3) is 0.375.